The van der Waals surface area contributed by atoms with E-state index in [0.29, 0.717) is 12.5 Å². The molecule has 5 nitrogen and oxygen atoms in total. The van der Waals surface area contributed by atoms with Crippen LogP contribution in [0.2, 0.25) is 0 Å². The van der Waals surface area contributed by atoms with Gasteiger partial charge < -0.3 is 16.0 Å². The molecule has 0 heterocycles. The second-order valence-electron chi connectivity index (χ2n) is 6.51. The molecule has 0 saturated heterocycles. The molecule has 7 heteroatoms. The number of urea groups is 1. The highest BCUT2D eigenvalue weighted by Gasteiger charge is 2.21. The van der Waals surface area contributed by atoms with Gasteiger partial charge in [0.2, 0.25) is 5.91 Å². The zero-order valence-electron chi connectivity index (χ0n) is 15.8. The normalized spacial score (nSPS) is 12.6. The van der Waals surface area contributed by atoms with Crippen LogP contribution in [0.1, 0.15) is 38.7 Å². The van der Waals surface area contributed by atoms with Crippen LogP contribution in [0.3, 0.4) is 0 Å². The van der Waals surface area contributed by atoms with Crippen molar-refractivity contribution in [2.24, 2.45) is 5.92 Å². The number of nitrogens with one attached hydrogen (secondary N) is 3. The Kier molecular flexibility index (Phi) is 9.88. The van der Waals surface area contributed by atoms with E-state index in [4.69, 9.17) is 6.42 Å². The van der Waals surface area contributed by atoms with Crippen molar-refractivity contribution < 1.29 is 18.4 Å². The van der Waals surface area contributed by atoms with Crippen molar-refractivity contribution in [3.05, 3.63) is 35.4 Å². The maximum absolute atomic E-state index is 13.4. The average molecular weight is 379 g/mol. The van der Waals surface area contributed by atoms with E-state index in [0.717, 1.165) is 37.5 Å². The minimum atomic E-state index is -1.01. The van der Waals surface area contributed by atoms with Crippen molar-refractivity contribution >= 4 is 11.9 Å². The van der Waals surface area contributed by atoms with E-state index in [2.05, 4.69) is 35.7 Å². The van der Waals surface area contributed by atoms with E-state index in [1.807, 2.05) is 0 Å². The number of amides is 3. The van der Waals surface area contributed by atoms with Crippen LogP contribution in [-0.2, 0) is 11.2 Å². The van der Waals surface area contributed by atoms with Gasteiger partial charge in [-0.25, -0.2) is 13.6 Å². The van der Waals surface area contributed by atoms with Crippen LogP contribution in [-0.4, -0.2) is 31.1 Å². The lowest BCUT2D eigenvalue weighted by Crippen LogP contribution is -2.51. The number of rotatable bonds is 10. The number of hydrogen-bond acceptors (Lipinski definition) is 2. The summed E-state index contributed by atoms with van der Waals surface area (Å²) in [4.78, 5) is 24.3. The summed E-state index contributed by atoms with van der Waals surface area (Å²) in [6, 6.07) is 1.46. The van der Waals surface area contributed by atoms with Gasteiger partial charge in [0, 0.05) is 19.0 Å². The fourth-order valence-electron chi connectivity index (χ4n) is 2.50. The van der Waals surface area contributed by atoms with Gasteiger partial charge in [0.15, 0.2) is 0 Å². The van der Waals surface area contributed by atoms with Crippen LogP contribution in [0.5, 0.6) is 0 Å². The van der Waals surface area contributed by atoms with Crippen molar-refractivity contribution in [3.63, 3.8) is 0 Å². The van der Waals surface area contributed by atoms with Gasteiger partial charge in [-0.15, -0.1) is 6.42 Å². The molecule has 1 rings (SSSR count). The fraction of sp³-hybridized carbons (Fsp3) is 0.500. The fourth-order valence-corrected chi connectivity index (χ4v) is 2.50. The topological polar surface area (TPSA) is 70.2 Å². The summed E-state index contributed by atoms with van der Waals surface area (Å²) in [5.41, 5.74) is 0.255. The van der Waals surface area contributed by atoms with Crippen LogP contribution < -0.4 is 16.0 Å². The number of halogens is 2. The third kappa shape index (κ3) is 9.04. The molecule has 0 radical (unpaired) electrons. The molecule has 0 aromatic heterocycles. The number of terminal acetylenes is 1. The lowest BCUT2D eigenvalue weighted by Gasteiger charge is -2.19. The summed E-state index contributed by atoms with van der Waals surface area (Å²) in [6.45, 7) is 4.72. The lowest BCUT2D eigenvalue weighted by molar-refractivity contribution is -0.122. The molecule has 0 spiro atoms. The van der Waals surface area contributed by atoms with E-state index < -0.39 is 29.6 Å². The van der Waals surface area contributed by atoms with Gasteiger partial charge in [0.05, 0.1) is 6.54 Å². The Balaban J connectivity index is 2.67. The molecule has 1 unspecified atom stereocenters. The second kappa shape index (κ2) is 11.9. The van der Waals surface area contributed by atoms with Crippen LogP contribution >= 0.6 is 0 Å². The third-order valence-electron chi connectivity index (χ3n) is 4.20. The molecule has 27 heavy (non-hydrogen) atoms. The lowest BCUT2D eigenvalue weighted by atomic mass is 10.0. The first kappa shape index (κ1) is 22.4. The first-order valence-corrected chi connectivity index (χ1v) is 9.06. The summed E-state index contributed by atoms with van der Waals surface area (Å²) >= 11 is 0. The molecule has 3 N–H and O–H groups in total. The van der Waals surface area contributed by atoms with Crippen molar-refractivity contribution in [1.29, 1.82) is 0 Å². The molecule has 0 saturated carbocycles. The Labute approximate surface area is 159 Å². The molecule has 3 amide bonds. The Bertz CT molecular complexity index is 653. The molecule has 0 aliphatic carbocycles. The minimum absolute atomic E-state index is 0.00888. The van der Waals surface area contributed by atoms with Gasteiger partial charge in [-0.2, -0.15) is 0 Å². The molecule has 148 valence electrons. The third-order valence-corrected chi connectivity index (χ3v) is 4.20. The summed E-state index contributed by atoms with van der Waals surface area (Å²) in [5, 5.41) is 7.71. The summed E-state index contributed by atoms with van der Waals surface area (Å²) in [5.74, 6) is 0.833. The van der Waals surface area contributed by atoms with Crippen molar-refractivity contribution in [2.45, 2.75) is 45.6 Å². The molecule has 1 aromatic rings. The van der Waals surface area contributed by atoms with Crippen LogP contribution in [0.15, 0.2) is 18.2 Å². The maximum atomic E-state index is 13.4. The van der Waals surface area contributed by atoms with Crippen LogP contribution in [0.4, 0.5) is 13.6 Å². The van der Waals surface area contributed by atoms with Gasteiger partial charge >= 0.3 is 6.03 Å². The maximum Gasteiger partial charge on any atom is 0.315 e. The van der Waals surface area contributed by atoms with Crippen molar-refractivity contribution in [2.75, 3.05) is 13.1 Å². The number of hydrogen-bond donors (Lipinski definition) is 3. The van der Waals surface area contributed by atoms with Crippen LogP contribution in [0.25, 0.3) is 0 Å². The number of carbonyl (C=O) groups excluding carboxylic acids is 2. The minimum Gasteiger partial charge on any atom is -0.343 e. The van der Waals surface area contributed by atoms with Crippen molar-refractivity contribution in [3.8, 4) is 12.3 Å². The average Bonchev–Trinajstić information content (AvgIpc) is 2.61. The molecule has 0 bridgehead atoms. The monoisotopic (exact) mass is 379 g/mol. The Morgan fingerprint density at radius 3 is 2.44 bits per heavy atom. The molecule has 0 aliphatic rings. The molecule has 0 fully saturated rings. The molecule has 2 atom stereocenters. The molecular formula is C20H27F2N3O2. The highest BCUT2D eigenvalue weighted by molar-refractivity contribution is 5.87. The predicted octanol–water partition coefficient (Wildman–Crippen LogP) is 2.75. The second-order valence-corrected chi connectivity index (χ2v) is 6.51. The highest BCUT2D eigenvalue weighted by Crippen LogP contribution is 2.11. The molecular weight excluding hydrogens is 352 g/mol. The van der Waals surface area contributed by atoms with Gasteiger partial charge in [-0.1, -0.05) is 26.2 Å². The standard InChI is InChI=1S/C20H27F2N3O2/c1-4-8-23-19(26)18(12-15-10-16(21)13-17(22)11-15)25-20(27)24-9-6-7-14(3)5-2/h1,10-11,13-14,18H,5-9,12H2,2-3H3,(H,23,26)(H2,24,25,27)/t14?,18-/m0/s1. The first-order chi connectivity index (χ1) is 12.8. The SMILES string of the molecule is C#CCNC(=O)[C@H](Cc1cc(F)cc(F)c1)NC(=O)NCCCC(C)CC. The van der Waals surface area contributed by atoms with Crippen LogP contribution in [0, 0.1) is 29.9 Å². The summed E-state index contributed by atoms with van der Waals surface area (Å²) in [7, 11) is 0. The van der Waals surface area contributed by atoms with E-state index in [1.54, 1.807) is 0 Å². The summed E-state index contributed by atoms with van der Waals surface area (Å²) in [6.07, 6.45) is 7.95. The molecule has 1 aromatic carbocycles. The van der Waals surface area contributed by atoms with Crippen molar-refractivity contribution in [1.82, 2.24) is 16.0 Å². The summed E-state index contributed by atoms with van der Waals surface area (Å²) < 4.78 is 26.8. The zero-order valence-corrected chi connectivity index (χ0v) is 15.8. The van der Waals surface area contributed by atoms with Gasteiger partial charge in [0.1, 0.15) is 17.7 Å². The Morgan fingerprint density at radius 2 is 1.85 bits per heavy atom. The number of carbonyl (C=O) groups is 2. The van der Waals surface area contributed by atoms with Gasteiger partial charge in [-0.05, 0) is 36.5 Å². The Morgan fingerprint density at radius 1 is 1.19 bits per heavy atom. The zero-order chi connectivity index (χ0) is 20.2. The van der Waals surface area contributed by atoms with Gasteiger partial charge in [0.25, 0.3) is 0 Å². The smallest absolute Gasteiger partial charge is 0.315 e. The van der Waals surface area contributed by atoms with E-state index in [-0.39, 0.29) is 18.5 Å². The molecule has 0 aliphatic heterocycles. The van der Waals surface area contributed by atoms with Gasteiger partial charge in [-0.3, -0.25) is 4.79 Å². The Hall–Kier alpha value is -2.62. The first-order valence-electron chi connectivity index (χ1n) is 9.06. The highest BCUT2D eigenvalue weighted by atomic mass is 19.1. The van der Waals surface area contributed by atoms with E-state index in [9.17, 15) is 18.4 Å². The van der Waals surface area contributed by atoms with E-state index >= 15 is 0 Å². The number of benzene rings is 1. The van der Waals surface area contributed by atoms with E-state index in [1.165, 1.54) is 0 Å². The predicted molar refractivity (Wildman–Crippen MR) is 101 cm³/mol. The largest absolute Gasteiger partial charge is 0.343 e. The quantitative estimate of drug-likeness (QED) is 0.432.